The summed E-state index contributed by atoms with van der Waals surface area (Å²) in [7, 11) is 0. The molecule has 0 saturated heterocycles. The van der Waals surface area contributed by atoms with Gasteiger partial charge in [-0.1, -0.05) is 12.2 Å². The second-order valence-corrected chi connectivity index (χ2v) is 3.20. The molecule has 13 heavy (non-hydrogen) atoms. The highest BCUT2D eigenvalue weighted by atomic mass is 32.1. The highest BCUT2D eigenvalue weighted by Gasteiger charge is 2.31. The summed E-state index contributed by atoms with van der Waals surface area (Å²) >= 11 is 4.89. The lowest BCUT2D eigenvalue weighted by Crippen LogP contribution is -2.26. The lowest BCUT2D eigenvalue weighted by Gasteiger charge is -2.20. The van der Waals surface area contributed by atoms with Crippen molar-refractivity contribution in [2.75, 3.05) is 0 Å². The molecular weight excluding hydrogens is 192 g/mol. The number of fused-ring (bicyclic) bond motifs is 1. The molecule has 2 rings (SSSR count). The lowest BCUT2D eigenvalue weighted by molar-refractivity contribution is 0.580. The van der Waals surface area contributed by atoms with Gasteiger partial charge < -0.3 is 0 Å². The first-order valence-electron chi connectivity index (χ1n) is 3.71. The third kappa shape index (κ3) is 1.27. The quantitative estimate of drug-likeness (QED) is 0.544. The van der Waals surface area contributed by atoms with Gasteiger partial charge in [-0.3, -0.25) is 4.99 Å². The number of hydrogen-bond acceptors (Lipinski definition) is 2. The SMILES string of the molecule is FC1=CC=C(F)C2C(=S)C=CN=C12. The molecule has 0 spiro atoms. The Morgan fingerprint density at radius 2 is 2.08 bits per heavy atom. The third-order valence-corrected chi connectivity index (χ3v) is 2.29. The normalized spacial score (nSPS) is 26.2. The van der Waals surface area contributed by atoms with Crippen molar-refractivity contribution in [1.82, 2.24) is 0 Å². The van der Waals surface area contributed by atoms with Crippen LogP contribution in [0, 0.1) is 5.92 Å². The molecule has 1 aliphatic heterocycles. The van der Waals surface area contributed by atoms with Gasteiger partial charge in [-0.15, -0.1) is 0 Å². The Balaban J connectivity index is 2.53. The zero-order valence-corrected chi connectivity index (χ0v) is 7.31. The maximum absolute atomic E-state index is 13.2. The Kier molecular flexibility index (Phi) is 1.92. The number of halogens is 2. The fraction of sp³-hybridized carbons (Fsp3) is 0.111. The maximum atomic E-state index is 13.2. The highest BCUT2D eigenvalue weighted by Crippen LogP contribution is 2.28. The summed E-state index contributed by atoms with van der Waals surface area (Å²) in [4.78, 5) is 4.12. The van der Waals surface area contributed by atoms with E-state index in [1.165, 1.54) is 12.3 Å². The molecule has 4 heteroatoms. The predicted octanol–water partition coefficient (Wildman–Crippen LogP) is 2.66. The molecule has 1 heterocycles. The van der Waals surface area contributed by atoms with Gasteiger partial charge in [0, 0.05) is 11.1 Å². The maximum Gasteiger partial charge on any atom is 0.145 e. The first kappa shape index (κ1) is 8.44. The van der Waals surface area contributed by atoms with E-state index in [1.54, 1.807) is 0 Å². The summed E-state index contributed by atoms with van der Waals surface area (Å²) < 4.78 is 26.3. The Bertz CT molecular complexity index is 390. The Morgan fingerprint density at radius 1 is 1.31 bits per heavy atom. The zero-order valence-electron chi connectivity index (χ0n) is 6.50. The van der Waals surface area contributed by atoms with E-state index in [9.17, 15) is 8.78 Å². The second kappa shape index (κ2) is 2.96. The van der Waals surface area contributed by atoms with Gasteiger partial charge in [-0.25, -0.2) is 8.78 Å². The van der Waals surface area contributed by atoms with Crippen molar-refractivity contribution in [2.24, 2.45) is 10.9 Å². The van der Waals surface area contributed by atoms with Crippen LogP contribution in [0.1, 0.15) is 0 Å². The van der Waals surface area contributed by atoms with Crippen LogP contribution in [0.15, 0.2) is 41.1 Å². The van der Waals surface area contributed by atoms with Gasteiger partial charge in [0.05, 0.1) is 11.6 Å². The van der Waals surface area contributed by atoms with Crippen molar-refractivity contribution in [1.29, 1.82) is 0 Å². The van der Waals surface area contributed by atoms with Crippen molar-refractivity contribution in [3.05, 3.63) is 36.1 Å². The number of hydrogen-bond donors (Lipinski definition) is 0. The molecule has 0 aromatic carbocycles. The summed E-state index contributed by atoms with van der Waals surface area (Å²) in [5.74, 6) is -1.75. The van der Waals surface area contributed by atoms with Crippen LogP contribution in [-0.4, -0.2) is 10.6 Å². The van der Waals surface area contributed by atoms with E-state index >= 15 is 0 Å². The van der Waals surface area contributed by atoms with Crippen LogP contribution in [-0.2, 0) is 0 Å². The molecule has 66 valence electrons. The number of thiocarbonyl (C=S) groups is 1. The smallest absolute Gasteiger partial charge is 0.145 e. The average molecular weight is 197 g/mol. The molecule has 0 radical (unpaired) electrons. The van der Waals surface area contributed by atoms with Gasteiger partial charge in [0.1, 0.15) is 11.7 Å². The van der Waals surface area contributed by atoms with Crippen LogP contribution in [0.4, 0.5) is 8.78 Å². The number of nitrogens with zero attached hydrogens (tertiary/aromatic N) is 1. The Morgan fingerprint density at radius 3 is 2.77 bits per heavy atom. The van der Waals surface area contributed by atoms with E-state index in [2.05, 4.69) is 4.99 Å². The van der Waals surface area contributed by atoms with Gasteiger partial charge in [0.2, 0.25) is 0 Å². The van der Waals surface area contributed by atoms with Crippen LogP contribution >= 0.6 is 12.2 Å². The van der Waals surface area contributed by atoms with Crippen molar-refractivity contribution in [3.63, 3.8) is 0 Å². The van der Waals surface area contributed by atoms with Gasteiger partial charge in [0.25, 0.3) is 0 Å². The summed E-state index contributed by atoms with van der Waals surface area (Å²) in [6.45, 7) is 0. The molecule has 0 fully saturated rings. The van der Waals surface area contributed by atoms with Gasteiger partial charge in [-0.2, -0.15) is 0 Å². The van der Waals surface area contributed by atoms with E-state index in [0.717, 1.165) is 12.2 Å². The first-order valence-corrected chi connectivity index (χ1v) is 4.12. The second-order valence-electron chi connectivity index (χ2n) is 2.73. The average Bonchev–Trinajstić information content (AvgIpc) is 2.12. The van der Waals surface area contributed by atoms with E-state index in [4.69, 9.17) is 12.2 Å². The fourth-order valence-electron chi connectivity index (χ4n) is 1.30. The minimum atomic E-state index is -0.787. The molecule has 1 unspecified atom stereocenters. The highest BCUT2D eigenvalue weighted by molar-refractivity contribution is 7.80. The predicted molar refractivity (Wildman–Crippen MR) is 51.0 cm³/mol. The Labute approximate surface area is 79.2 Å². The van der Waals surface area contributed by atoms with Crippen LogP contribution in [0.2, 0.25) is 0 Å². The number of aliphatic imine (C=N–C) groups is 1. The van der Waals surface area contributed by atoms with Crippen LogP contribution in [0.5, 0.6) is 0 Å². The van der Waals surface area contributed by atoms with Crippen molar-refractivity contribution >= 4 is 22.8 Å². The molecule has 1 atom stereocenters. The van der Waals surface area contributed by atoms with Crippen molar-refractivity contribution < 1.29 is 8.78 Å². The molecule has 0 amide bonds. The van der Waals surface area contributed by atoms with Crippen molar-refractivity contribution in [2.45, 2.75) is 0 Å². The molecular formula is C9H5F2NS. The van der Waals surface area contributed by atoms with Gasteiger partial charge in [-0.05, 0) is 18.2 Å². The van der Waals surface area contributed by atoms with E-state index in [-0.39, 0.29) is 5.71 Å². The van der Waals surface area contributed by atoms with Crippen LogP contribution in [0.25, 0.3) is 0 Å². The third-order valence-electron chi connectivity index (χ3n) is 1.92. The topological polar surface area (TPSA) is 12.4 Å². The molecule has 1 aliphatic carbocycles. The van der Waals surface area contributed by atoms with E-state index < -0.39 is 17.6 Å². The lowest BCUT2D eigenvalue weighted by atomic mass is 9.91. The monoisotopic (exact) mass is 197 g/mol. The first-order chi connectivity index (χ1) is 6.20. The molecule has 0 aromatic heterocycles. The zero-order chi connectivity index (χ0) is 9.42. The molecule has 0 aromatic rings. The summed E-state index contributed by atoms with van der Waals surface area (Å²) in [5, 5.41) is 0. The Hall–Kier alpha value is -1.16. The minimum Gasteiger partial charge on any atom is -0.257 e. The molecule has 0 N–H and O–H groups in total. The van der Waals surface area contributed by atoms with E-state index in [1.807, 2.05) is 0 Å². The largest absolute Gasteiger partial charge is 0.257 e. The molecule has 0 bridgehead atoms. The number of rotatable bonds is 0. The molecule has 0 saturated carbocycles. The van der Waals surface area contributed by atoms with Gasteiger partial charge >= 0.3 is 0 Å². The van der Waals surface area contributed by atoms with Crippen LogP contribution < -0.4 is 0 Å². The fourth-order valence-corrected chi connectivity index (χ4v) is 1.58. The standard InChI is InChI=1S/C9H5F2NS/c10-5-1-2-6(11)9-8(5)7(13)3-4-12-9/h1-4,8H. The summed E-state index contributed by atoms with van der Waals surface area (Å²) in [5.41, 5.74) is 0.0764. The molecule has 2 aliphatic rings. The summed E-state index contributed by atoms with van der Waals surface area (Å²) in [6, 6.07) is 0. The van der Waals surface area contributed by atoms with Crippen molar-refractivity contribution in [3.8, 4) is 0 Å². The van der Waals surface area contributed by atoms with Gasteiger partial charge in [0.15, 0.2) is 0 Å². The summed E-state index contributed by atoms with van der Waals surface area (Å²) in [6.07, 6.45) is 5.05. The minimum absolute atomic E-state index is 0.0764. The molecule has 1 nitrogen and oxygen atoms in total. The van der Waals surface area contributed by atoms with Crippen LogP contribution in [0.3, 0.4) is 0 Å². The van der Waals surface area contributed by atoms with E-state index in [0.29, 0.717) is 4.86 Å². The number of allylic oxidation sites excluding steroid dienone is 5.